The van der Waals surface area contributed by atoms with Gasteiger partial charge in [0.1, 0.15) is 6.04 Å². The first-order valence-electron chi connectivity index (χ1n) is 7.20. The molecule has 2 aromatic carbocycles. The molecule has 2 aromatic rings. The molecule has 0 aliphatic carbocycles. The van der Waals surface area contributed by atoms with Gasteiger partial charge in [0.05, 0.1) is 10.6 Å². The molecule has 0 radical (unpaired) electrons. The lowest BCUT2D eigenvalue weighted by atomic mass is 10.1. The van der Waals surface area contributed by atoms with Crippen LogP contribution in [-0.4, -0.2) is 26.4 Å². The lowest BCUT2D eigenvalue weighted by Gasteiger charge is -2.26. The summed E-state index contributed by atoms with van der Waals surface area (Å²) in [6, 6.07) is 9.78. The summed E-state index contributed by atoms with van der Waals surface area (Å²) >= 11 is 0. The highest BCUT2D eigenvalue weighted by Gasteiger charge is 2.40. The Bertz CT molecular complexity index is 854. The molecule has 1 aliphatic rings. The minimum Gasteiger partial charge on any atom is -0.352 e. The molecular formula is C16H18N2O3S. The molecule has 0 spiro atoms. The van der Waals surface area contributed by atoms with Gasteiger partial charge in [-0.1, -0.05) is 24.3 Å². The summed E-state index contributed by atoms with van der Waals surface area (Å²) in [4.78, 5) is 12.5. The van der Waals surface area contributed by atoms with Gasteiger partial charge in [0, 0.05) is 11.4 Å². The van der Waals surface area contributed by atoms with Gasteiger partial charge in [-0.25, -0.2) is 8.42 Å². The maximum atomic E-state index is 12.8. The molecule has 3 rings (SSSR count). The van der Waals surface area contributed by atoms with E-state index in [4.69, 9.17) is 0 Å². The Morgan fingerprint density at radius 2 is 1.73 bits per heavy atom. The number of sulfonamides is 1. The highest BCUT2D eigenvalue weighted by Crippen LogP contribution is 2.43. The maximum Gasteiger partial charge on any atom is 0.265 e. The molecule has 1 aliphatic heterocycles. The normalized spacial score (nSPS) is 17.0. The zero-order valence-corrected chi connectivity index (χ0v) is 13.5. The summed E-state index contributed by atoms with van der Waals surface area (Å²) in [5, 5.41) is 4.32. The second kappa shape index (κ2) is 4.98. The molecule has 0 fully saturated rings. The average molecular weight is 318 g/mol. The van der Waals surface area contributed by atoms with Crippen molar-refractivity contribution in [3.8, 4) is 0 Å². The van der Waals surface area contributed by atoms with Crippen LogP contribution >= 0.6 is 0 Å². The zero-order valence-electron chi connectivity index (χ0n) is 12.7. The Morgan fingerprint density at radius 1 is 1.09 bits per heavy atom. The molecule has 0 unspecified atom stereocenters. The van der Waals surface area contributed by atoms with Crippen molar-refractivity contribution in [2.75, 3.05) is 4.31 Å². The molecule has 5 nitrogen and oxygen atoms in total. The monoisotopic (exact) mass is 318 g/mol. The molecule has 0 aromatic heterocycles. The molecule has 0 bridgehead atoms. The van der Waals surface area contributed by atoms with Crippen LogP contribution in [0.15, 0.2) is 41.3 Å². The summed E-state index contributed by atoms with van der Waals surface area (Å²) in [7, 11) is -3.71. The first-order valence-corrected chi connectivity index (χ1v) is 8.64. The molecule has 1 amide bonds. The Labute approximate surface area is 130 Å². The minimum absolute atomic E-state index is 0.0431. The number of hydrogen-bond acceptors (Lipinski definition) is 3. The predicted octanol–water partition coefficient (Wildman–Crippen LogP) is 2.26. The van der Waals surface area contributed by atoms with E-state index in [1.165, 1.54) is 4.31 Å². The van der Waals surface area contributed by atoms with E-state index in [1.807, 2.05) is 32.0 Å². The Kier molecular flexibility index (Phi) is 3.36. The van der Waals surface area contributed by atoms with Crippen molar-refractivity contribution >= 4 is 32.4 Å². The maximum absolute atomic E-state index is 12.8. The van der Waals surface area contributed by atoms with Crippen molar-refractivity contribution in [2.24, 2.45) is 0 Å². The Balaban J connectivity index is 2.16. The van der Waals surface area contributed by atoms with Crippen molar-refractivity contribution in [2.45, 2.75) is 37.8 Å². The summed E-state index contributed by atoms with van der Waals surface area (Å²) in [5.41, 5.74) is 0.569. The first-order chi connectivity index (χ1) is 10.3. The van der Waals surface area contributed by atoms with E-state index in [-0.39, 0.29) is 16.8 Å². The summed E-state index contributed by atoms with van der Waals surface area (Å²) in [6.07, 6.45) is 0. The molecule has 6 heteroatoms. The quantitative estimate of drug-likeness (QED) is 0.944. The van der Waals surface area contributed by atoms with Crippen LogP contribution in [0.25, 0.3) is 10.8 Å². The van der Waals surface area contributed by atoms with E-state index in [1.54, 1.807) is 25.1 Å². The largest absolute Gasteiger partial charge is 0.352 e. The van der Waals surface area contributed by atoms with Crippen LogP contribution in [0.2, 0.25) is 0 Å². The number of anilines is 1. The SMILES string of the molecule is CC(C)NC(=O)[C@H](C)N1c2cccc3cccc(c23)S1(=O)=O. The van der Waals surface area contributed by atoms with Gasteiger partial charge >= 0.3 is 0 Å². The topological polar surface area (TPSA) is 66.5 Å². The van der Waals surface area contributed by atoms with Gasteiger partial charge in [-0.15, -0.1) is 0 Å². The number of nitrogens with one attached hydrogen (secondary N) is 1. The molecule has 0 saturated carbocycles. The van der Waals surface area contributed by atoms with Gasteiger partial charge in [0.25, 0.3) is 10.0 Å². The van der Waals surface area contributed by atoms with Crippen molar-refractivity contribution in [1.29, 1.82) is 0 Å². The van der Waals surface area contributed by atoms with Crippen LogP contribution in [0.4, 0.5) is 5.69 Å². The van der Waals surface area contributed by atoms with E-state index >= 15 is 0 Å². The fourth-order valence-corrected chi connectivity index (χ4v) is 4.72. The molecule has 116 valence electrons. The average Bonchev–Trinajstić information content (AvgIpc) is 2.68. The highest BCUT2D eigenvalue weighted by atomic mass is 32.2. The van der Waals surface area contributed by atoms with Gasteiger partial charge in [-0.2, -0.15) is 0 Å². The van der Waals surface area contributed by atoms with Gasteiger partial charge < -0.3 is 5.32 Å². The van der Waals surface area contributed by atoms with Crippen molar-refractivity contribution in [1.82, 2.24) is 5.32 Å². The molecule has 0 saturated heterocycles. The van der Waals surface area contributed by atoms with Gasteiger partial charge in [-0.05, 0) is 38.3 Å². The van der Waals surface area contributed by atoms with Crippen LogP contribution in [-0.2, 0) is 14.8 Å². The molecule has 1 heterocycles. The highest BCUT2D eigenvalue weighted by molar-refractivity contribution is 7.93. The van der Waals surface area contributed by atoms with Crippen LogP contribution in [0, 0.1) is 0 Å². The first kappa shape index (κ1) is 14.8. The fraction of sp³-hybridized carbons (Fsp3) is 0.312. The third-order valence-corrected chi connectivity index (χ3v) is 5.71. The number of nitrogens with zero attached hydrogens (tertiary/aromatic N) is 1. The van der Waals surface area contributed by atoms with Crippen LogP contribution in [0.1, 0.15) is 20.8 Å². The summed E-state index contributed by atoms with van der Waals surface area (Å²) < 4.78 is 26.9. The lowest BCUT2D eigenvalue weighted by molar-refractivity contribution is -0.122. The van der Waals surface area contributed by atoms with E-state index in [9.17, 15) is 13.2 Å². The minimum atomic E-state index is -3.71. The molecule has 22 heavy (non-hydrogen) atoms. The number of benzene rings is 2. The Hall–Kier alpha value is -2.08. The Morgan fingerprint density at radius 3 is 2.36 bits per heavy atom. The second-order valence-electron chi connectivity index (χ2n) is 5.77. The number of carbonyl (C=O) groups is 1. The van der Waals surface area contributed by atoms with E-state index in [0.29, 0.717) is 11.1 Å². The molecule has 1 atom stereocenters. The van der Waals surface area contributed by atoms with Crippen LogP contribution in [0.3, 0.4) is 0 Å². The van der Waals surface area contributed by atoms with Crippen molar-refractivity contribution < 1.29 is 13.2 Å². The lowest BCUT2D eigenvalue weighted by Crippen LogP contribution is -2.48. The number of hydrogen-bond donors (Lipinski definition) is 1. The molecular weight excluding hydrogens is 300 g/mol. The predicted molar refractivity (Wildman–Crippen MR) is 86.4 cm³/mol. The standard InChI is InChI=1S/C16H18N2O3S/c1-10(2)17-16(19)11(3)18-13-8-4-6-12-7-5-9-14(15(12)13)22(18,20)21/h4-11H,1-3H3,(H,17,19)/t11-/m0/s1. The van der Waals surface area contributed by atoms with E-state index < -0.39 is 16.1 Å². The van der Waals surface area contributed by atoms with Gasteiger partial charge in [0.2, 0.25) is 5.91 Å². The molecule has 1 N–H and O–H groups in total. The number of rotatable bonds is 3. The third-order valence-electron chi connectivity index (χ3n) is 3.78. The van der Waals surface area contributed by atoms with Crippen LogP contribution < -0.4 is 9.62 Å². The van der Waals surface area contributed by atoms with Gasteiger partial charge in [-0.3, -0.25) is 9.10 Å². The van der Waals surface area contributed by atoms with E-state index in [2.05, 4.69) is 5.32 Å². The second-order valence-corrected chi connectivity index (χ2v) is 7.55. The third kappa shape index (κ3) is 2.06. The van der Waals surface area contributed by atoms with Crippen molar-refractivity contribution in [3.63, 3.8) is 0 Å². The fourth-order valence-electron chi connectivity index (χ4n) is 2.85. The van der Waals surface area contributed by atoms with Gasteiger partial charge in [0.15, 0.2) is 0 Å². The van der Waals surface area contributed by atoms with Crippen LogP contribution in [0.5, 0.6) is 0 Å². The number of carbonyl (C=O) groups excluding carboxylic acids is 1. The zero-order chi connectivity index (χ0) is 16.1. The summed E-state index contributed by atoms with van der Waals surface area (Å²) in [6.45, 7) is 5.30. The summed E-state index contributed by atoms with van der Waals surface area (Å²) in [5.74, 6) is -0.302. The smallest absolute Gasteiger partial charge is 0.265 e. The van der Waals surface area contributed by atoms with Crippen molar-refractivity contribution in [3.05, 3.63) is 36.4 Å². The van der Waals surface area contributed by atoms with E-state index in [0.717, 1.165) is 5.39 Å². The number of amides is 1.